The summed E-state index contributed by atoms with van der Waals surface area (Å²) in [6.45, 7) is 10.2. The van der Waals surface area contributed by atoms with Crippen molar-refractivity contribution < 1.29 is 109 Å². The van der Waals surface area contributed by atoms with Gasteiger partial charge in [0.25, 0.3) is 15.9 Å². The van der Waals surface area contributed by atoms with Gasteiger partial charge >= 0.3 is 41.5 Å². The number of rotatable bonds is 31. The first-order valence-electron chi connectivity index (χ1n) is 29.4. The molecule has 3 atom stereocenters. The van der Waals surface area contributed by atoms with Crippen molar-refractivity contribution in [3.63, 3.8) is 0 Å². The van der Waals surface area contributed by atoms with Gasteiger partial charge in [0.05, 0.1) is 67.0 Å². The van der Waals surface area contributed by atoms with Gasteiger partial charge in [-0.1, -0.05) is 87.6 Å². The zero-order valence-corrected chi connectivity index (χ0v) is 59.9. The van der Waals surface area contributed by atoms with Crippen molar-refractivity contribution in [2.45, 2.75) is 109 Å². The average molecular weight is 1480 g/mol. The number of sulfonamides is 1. The summed E-state index contributed by atoms with van der Waals surface area (Å²) in [5, 5.41) is 14.6. The molecule has 0 saturated carbocycles. The number of hydroxylamine groups is 1. The number of thiazole rings is 1. The Morgan fingerprint density at radius 1 is 0.804 bits per heavy atom. The quantitative estimate of drug-likeness (QED) is 0.00601. The summed E-state index contributed by atoms with van der Waals surface area (Å²) in [6.07, 6.45) is 2.68. The Labute approximate surface area is 595 Å². The van der Waals surface area contributed by atoms with Gasteiger partial charge in [-0.15, -0.1) is 11.3 Å². The summed E-state index contributed by atoms with van der Waals surface area (Å²) >= 11 is 10.9. The Morgan fingerprint density at radius 2 is 1.45 bits per heavy atom. The molecule has 7 rings (SSSR count). The molecule has 0 radical (unpaired) electrons. The van der Waals surface area contributed by atoms with Crippen LogP contribution in [-0.4, -0.2) is 126 Å². The molecule has 34 heteroatoms. The second-order valence-corrected chi connectivity index (χ2v) is 27.6. The molecule has 0 unspecified atom stereocenters. The van der Waals surface area contributed by atoms with Crippen LogP contribution in [0.4, 0.5) is 40.6 Å². The normalized spacial score (nSPS) is 12.4. The second kappa shape index (κ2) is 35.7. The molecule has 0 saturated heterocycles. The van der Waals surface area contributed by atoms with Crippen LogP contribution in [-0.2, 0) is 65.6 Å². The molecule has 4 aromatic carbocycles. The van der Waals surface area contributed by atoms with E-state index in [4.69, 9.17) is 36.6 Å². The third-order valence-electron chi connectivity index (χ3n) is 13.9. The monoisotopic (exact) mass is 1480 g/mol. The number of anilines is 4. The van der Waals surface area contributed by atoms with Gasteiger partial charge in [0.2, 0.25) is 23.7 Å². The van der Waals surface area contributed by atoms with Crippen LogP contribution in [0.2, 0.25) is 5.02 Å². The number of fused-ring (bicyclic) bond motifs is 1. The van der Waals surface area contributed by atoms with Crippen molar-refractivity contribution in [3.8, 4) is 21.8 Å². The molecule has 516 valence electrons. The first kappa shape index (κ1) is 80.0. The maximum atomic E-state index is 16.4. The number of hydrogen-bond acceptors (Lipinski definition) is 20. The van der Waals surface area contributed by atoms with E-state index >= 15 is 8.78 Å². The summed E-state index contributed by atoms with van der Waals surface area (Å²) in [6, 6.07) is 11.4. The van der Waals surface area contributed by atoms with E-state index in [0.29, 0.717) is 25.6 Å². The summed E-state index contributed by atoms with van der Waals surface area (Å²) in [5.74, 6) is -9.62. The molecule has 0 aliphatic carbocycles. The van der Waals surface area contributed by atoms with Gasteiger partial charge in [0, 0.05) is 59.7 Å². The fourth-order valence-corrected chi connectivity index (χ4v) is 12.0. The van der Waals surface area contributed by atoms with Crippen LogP contribution in [0.5, 0.6) is 0 Å². The van der Waals surface area contributed by atoms with Crippen LogP contribution < -0.4 is 72.1 Å². The van der Waals surface area contributed by atoms with E-state index < -0.39 is 134 Å². The zero-order chi connectivity index (χ0) is 69.5. The Bertz CT molecular complexity index is 4100. The maximum absolute atomic E-state index is 16.4. The fraction of sp³-hybridized carbons (Fsp3) is 0.365. The van der Waals surface area contributed by atoms with Gasteiger partial charge < -0.3 is 56.6 Å². The summed E-state index contributed by atoms with van der Waals surface area (Å²) in [7, 11) is -3.28. The number of nitrogens with zero attached hydrogens (tertiary/aromatic N) is 4. The number of hydrogen-bond donors (Lipinski definition) is 8. The van der Waals surface area contributed by atoms with Gasteiger partial charge in [-0.05, 0) is 78.9 Å². The van der Waals surface area contributed by atoms with Gasteiger partial charge in [-0.25, -0.2) is 46.4 Å². The molecule has 7 aromatic rings. The second-order valence-electron chi connectivity index (χ2n) is 23.7. The number of nitrogens with one attached hydrogen (secondary N) is 7. The Balaban J connectivity index is 0.00000850. The number of benzene rings is 4. The molecule has 3 aromatic heterocycles. The van der Waals surface area contributed by atoms with Crippen LogP contribution in [0.15, 0.2) is 94.6 Å². The molecule has 0 aliphatic rings. The van der Waals surface area contributed by atoms with Crippen molar-refractivity contribution in [2.24, 2.45) is 18.2 Å². The molecule has 3 heterocycles. The number of carbonyl (C=O) groups is 6. The van der Waals surface area contributed by atoms with Crippen molar-refractivity contribution in [2.75, 3.05) is 48.3 Å². The van der Waals surface area contributed by atoms with E-state index in [1.54, 1.807) is 48.4 Å². The van der Waals surface area contributed by atoms with Crippen LogP contribution in [0, 0.1) is 28.7 Å². The van der Waals surface area contributed by atoms with Crippen LogP contribution in [0.25, 0.3) is 32.7 Å². The minimum absolute atomic E-state index is 0. The largest absolute Gasteiger partial charge is 1.00 e. The molecule has 0 spiro atoms. The number of aromatic nitrogens is 4. The molecular weight excluding hydrogens is 1410 g/mol. The number of aryl methyl sites for hydroxylation is 1. The van der Waals surface area contributed by atoms with E-state index in [-0.39, 0.29) is 125 Å². The maximum Gasteiger partial charge on any atom is 1.00 e. The molecule has 4 amide bonds. The molecule has 0 bridgehead atoms. The third-order valence-corrected chi connectivity index (χ3v) is 17.6. The van der Waals surface area contributed by atoms with Gasteiger partial charge in [0.15, 0.2) is 16.5 Å². The van der Waals surface area contributed by atoms with Crippen molar-refractivity contribution in [1.82, 2.24) is 40.9 Å². The van der Waals surface area contributed by atoms with E-state index in [9.17, 15) is 50.8 Å². The van der Waals surface area contributed by atoms with E-state index in [1.165, 1.54) is 41.8 Å². The number of ether oxygens (including phenoxy) is 2. The summed E-state index contributed by atoms with van der Waals surface area (Å²) in [4.78, 5) is 110. The van der Waals surface area contributed by atoms with E-state index in [0.717, 1.165) is 24.3 Å². The van der Waals surface area contributed by atoms with Crippen molar-refractivity contribution in [3.05, 3.63) is 129 Å². The van der Waals surface area contributed by atoms with Gasteiger partial charge in [-0.2, -0.15) is 6.42 Å². The first-order valence-corrected chi connectivity index (χ1v) is 32.9. The number of amides is 4. The molecule has 0 aliphatic heterocycles. The molecular formula is C63H70BrClF4N12NaO13S2-. The number of halogens is 6. The SMILES string of the molecule is Cn1ccc2c(F)c(Nc3ccc(Br)cc3Cl)c(C(=O)NOCCOC(=O)CC[C@H](NC(=O)[C@H](CCC(=O)OCCNc3nccc(-c4sc(C(C)(C)C)nc4-c4cccc(NS(=O)(=O)c5c(F)cccc5F)c4F)n3)NC(=O)[C@@H](N)CC[C-]=O)C(=O)NCC(C)(C)C)cc21.[Na+].[OH-]. The predicted octanol–water partition coefficient (Wildman–Crippen LogP) is 6.17. The smallest absolute Gasteiger partial charge is 0.870 e. The van der Waals surface area contributed by atoms with Crippen LogP contribution in [0.3, 0.4) is 0 Å². The average Bonchev–Trinajstić information content (AvgIpc) is 1.30. The number of esters is 2. The Hall–Kier alpha value is -7.66. The van der Waals surface area contributed by atoms with E-state index in [2.05, 4.69) is 58.0 Å². The van der Waals surface area contributed by atoms with Crippen LogP contribution >= 0.6 is 38.9 Å². The molecule has 25 nitrogen and oxygen atoms in total. The Morgan fingerprint density at radius 3 is 2.10 bits per heavy atom. The topological polar surface area (TPSA) is 365 Å². The molecule has 0 fully saturated rings. The van der Waals surface area contributed by atoms with Gasteiger partial charge in [-0.3, -0.25) is 44.6 Å². The Kier molecular flexibility index (Phi) is 29.5. The first-order chi connectivity index (χ1) is 44.8. The predicted molar refractivity (Wildman–Crippen MR) is 353 cm³/mol. The van der Waals surface area contributed by atoms with Crippen molar-refractivity contribution in [1.29, 1.82) is 0 Å². The molecule has 97 heavy (non-hydrogen) atoms. The third kappa shape index (κ3) is 22.2. The summed E-state index contributed by atoms with van der Waals surface area (Å²) < 4.78 is 103. The number of carbonyl (C=O) groups excluding carboxylic acids is 7. The minimum atomic E-state index is -4.96. The molecule has 10 N–H and O–H groups in total. The van der Waals surface area contributed by atoms with E-state index in [1.807, 2.05) is 46.3 Å². The standard InChI is InChI=1S/C63H69BrClF4N12O12S2.Na.H2O/c1-62(2,3)33-73-58(87)45(18-20-49(84)92-29-30-93-79-56(85)37-32-47-35(23-26-81(47)7)51(69)52(37)74-42-17-16-34(64)31-38(42)65)76-59(88)46(75-57(86)41(70)14-10-27-82)19-21-48(83)91-28-25-72-61-71-24-22-44(77-61)54-53(78-60(94-54)63(4,5)6)36-11-8-15-43(50(36)68)80-95(89,90)55-39(66)12-9-13-40(55)67;;/h8-9,11-13,15-17,22-24,26,31-32,41,45-46,74,80H,10,14,18-21,25,28-30,33,70H2,1-7H3,(H,73,87)(H,75,86)(H,76,88)(H,79,85)(H,71,72,77);;1H2/q-1;+1;/p-1/t41-,45-,46-;;/m0../s1. The minimum Gasteiger partial charge on any atom is -0.870 e. The summed E-state index contributed by atoms with van der Waals surface area (Å²) in [5.41, 5.74) is 7.15. The number of nitrogens with two attached hydrogens (primary N) is 1. The fourth-order valence-electron chi connectivity index (χ4n) is 8.97. The van der Waals surface area contributed by atoms with Crippen LogP contribution in [0.1, 0.15) is 95.4 Å². The van der Waals surface area contributed by atoms with Gasteiger partial charge in [0.1, 0.15) is 43.5 Å². The van der Waals surface area contributed by atoms with Crippen molar-refractivity contribution >= 4 is 125 Å². The zero-order valence-electron chi connectivity index (χ0n) is 53.9.